The van der Waals surface area contributed by atoms with Crippen molar-refractivity contribution in [2.75, 3.05) is 6.61 Å². The number of nitrogens with zero attached hydrogens (tertiary/aromatic N) is 1. The highest BCUT2D eigenvalue weighted by atomic mass is 32.1. The van der Waals surface area contributed by atoms with E-state index in [2.05, 4.69) is 10.3 Å². The minimum atomic E-state index is -1.10. The number of hydrogen-bond acceptors (Lipinski definition) is 5. The summed E-state index contributed by atoms with van der Waals surface area (Å²) in [5.41, 5.74) is 2.11. The number of aryl methyl sites for hydroxylation is 2. The molecule has 1 aliphatic rings. The van der Waals surface area contributed by atoms with Gasteiger partial charge in [0.05, 0.1) is 17.3 Å². The second kappa shape index (κ2) is 6.00. The lowest BCUT2D eigenvalue weighted by molar-refractivity contribution is -0.139. The molecule has 1 aromatic carbocycles. The zero-order valence-corrected chi connectivity index (χ0v) is 13.6. The van der Waals surface area contributed by atoms with E-state index in [9.17, 15) is 14.7 Å². The highest BCUT2D eigenvalue weighted by Crippen LogP contribution is 2.28. The zero-order valence-electron chi connectivity index (χ0n) is 12.8. The van der Waals surface area contributed by atoms with E-state index in [4.69, 9.17) is 4.74 Å². The molecule has 2 aromatic rings. The van der Waals surface area contributed by atoms with E-state index in [0.29, 0.717) is 22.7 Å². The van der Waals surface area contributed by atoms with Crippen LogP contribution in [0.1, 0.15) is 37.5 Å². The molecule has 6 nitrogen and oxygen atoms in total. The predicted molar refractivity (Wildman–Crippen MR) is 85.1 cm³/mol. The molecule has 1 aromatic heterocycles. The Labute approximate surface area is 137 Å². The van der Waals surface area contributed by atoms with Gasteiger partial charge in [-0.15, -0.1) is 11.3 Å². The number of ether oxygens (including phenoxy) is 1. The fraction of sp³-hybridized carbons (Fsp3) is 0.312. The van der Waals surface area contributed by atoms with Crippen molar-refractivity contribution in [3.05, 3.63) is 44.9 Å². The Morgan fingerprint density at radius 3 is 2.83 bits per heavy atom. The Kier molecular flexibility index (Phi) is 4.04. The van der Waals surface area contributed by atoms with Crippen LogP contribution in [0.3, 0.4) is 0 Å². The Hall–Kier alpha value is -2.41. The van der Waals surface area contributed by atoms with Crippen LogP contribution in [0.25, 0.3) is 0 Å². The van der Waals surface area contributed by atoms with Crippen LogP contribution in [0, 0.1) is 13.8 Å². The van der Waals surface area contributed by atoms with Crippen molar-refractivity contribution in [3.8, 4) is 5.75 Å². The Morgan fingerprint density at radius 2 is 2.17 bits per heavy atom. The SMILES string of the molecule is Cc1nc(C)c(C(=O)NC(C(=O)O)c2ccc3c(c2)CCO3)s1. The summed E-state index contributed by atoms with van der Waals surface area (Å²) in [4.78, 5) is 28.6. The number of nitrogens with one attached hydrogen (secondary N) is 1. The van der Waals surface area contributed by atoms with Crippen LogP contribution in [0.5, 0.6) is 5.75 Å². The summed E-state index contributed by atoms with van der Waals surface area (Å²) in [6, 6.07) is 4.11. The average molecular weight is 332 g/mol. The number of carboxylic acids is 1. The first-order chi connectivity index (χ1) is 11.0. The van der Waals surface area contributed by atoms with Gasteiger partial charge in [0.1, 0.15) is 10.6 Å². The molecule has 0 saturated heterocycles. The van der Waals surface area contributed by atoms with E-state index in [1.807, 2.05) is 6.92 Å². The summed E-state index contributed by atoms with van der Waals surface area (Å²) < 4.78 is 5.42. The van der Waals surface area contributed by atoms with Gasteiger partial charge >= 0.3 is 5.97 Å². The number of benzene rings is 1. The molecule has 0 spiro atoms. The van der Waals surface area contributed by atoms with Gasteiger partial charge in [-0.25, -0.2) is 9.78 Å². The number of thiazole rings is 1. The van der Waals surface area contributed by atoms with E-state index in [1.165, 1.54) is 11.3 Å². The maximum atomic E-state index is 12.4. The van der Waals surface area contributed by atoms with Crippen LogP contribution in [-0.2, 0) is 11.2 Å². The standard InChI is InChI=1S/C16H16N2O4S/c1-8-14(23-9(2)17-8)15(19)18-13(16(20)21)11-3-4-12-10(7-11)5-6-22-12/h3-4,7,13H,5-6H2,1-2H3,(H,18,19)(H,20,21). The fourth-order valence-corrected chi connectivity index (χ4v) is 3.44. The summed E-state index contributed by atoms with van der Waals surface area (Å²) in [6.45, 7) is 4.15. The van der Waals surface area contributed by atoms with Crippen LogP contribution in [0.15, 0.2) is 18.2 Å². The second-order valence-electron chi connectivity index (χ2n) is 5.36. The molecule has 0 bridgehead atoms. The molecular formula is C16H16N2O4S. The molecule has 1 amide bonds. The molecule has 3 rings (SSSR count). The fourth-order valence-electron chi connectivity index (χ4n) is 2.61. The lowest BCUT2D eigenvalue weighted by Gasteiger charge is -2.15. The summed E-state index contributed by atoms with van der Waals surface area (Å²) in [7, 11) is 0. The van der Waals surface area contributed by atoms with E-state index in [0.717, 1.165) is 22.7 Å². The number of carbonyl (C=O) groups excluding carboxylic acids is 1. The average Bonchev–Trinajstić information content (AvgIpc) is 3.09. The lowest BCUT2D eigenvalue weighted by atomic mass is 10.0. The minimum Gasteiger partial charge on any atom is -0.493 e. The van der Waals surface area contributed by atoms with E-state index in [1.54, 1.807) is 25.1 Å². The Morgan fingerprint density at radius 1 is 1.39 bits per heavy atom. The van der Waals surface area contributed by atoms with Crippen molar-refractivity contribution < 1.29 is 19.4 Å². The van der Waals surface area contributed by atoms with Crippen LogP contribution in [0.4, 0.5) is 0 Å². The number of amides is 1. The molecule has 7 heteroatoms. The highest BCUT2D eigenvalue weighted by molar-refractivity contribution is 7.13. The first-order valence-corrected chi connectivity index (χ1v) is 8.00. The van der Waals surface area contributed by atoms with Gasteiger partial charge in [-0.05, 0) is 37.1 Å². The molecule has 0 saturated carbocycles. The molecule has 0 radical (unpaired) electrons. The summed E-state index contributed by atoms with van der Waals surface area (Å²) >= 11 is 1.26. The number of aliphatic carboxylic acids is 1. The highest BCUT2D eigenvalue weighted by Gasteiger charge is 2.26. The monoisotopic (exact) mass is 332 g/mol. The molecule has 1 aliphatic heterocycles. The third-order valence-electron chi connectivity index (χ3n) is 3.68. The maximum absolute atomic E-state index is 12.4. The van der Waals surface area contributed by atoms with Gasteiger partial charge in [0, 0.05) is 6.42 Å². The van der Waals surface area contributed by atoms with Crippen molar-refractivity contribution in [3.63, 3.8) is 0 Å². The Bertz CT molecular complexity index is 784. The number of aromatic nitrogens is 1. The number of carbonyl (C=O) groups is 2. The first kappa shape index (κ1) is 15.5. The Balaban J connectivity index is 1.86. The molecule has 1 atom stereocenters. The van der Waals surface area contributed by atoms with Crippen molar-refractivity contribution in [1.82, 2.24) is 10.3 Å². The van der Waals surface area contributed by atoms with Crippen LogP contribution < -0.4 is 10.1 Å². The number of hydrogen-bond donors (Lipinski definition) is 2. The van der Waals surface area contributed by atoms with Crippen molar-refractivity contribution in [2.24, 2.45) is 0 Å². The molecule has 120 valence electrons. The summed E-state index contributed by atoms with van der Waals surface area (Å²) in [6.07, 6.45) is 0.747. The quantitative estimate of drug-likeness (QED) is 0.896. The predicted octanol–water partition coefficient (Wildman–Crippen LogP) is 2.25. The first-order valence-electron chi connectivity index (χ1n) is 7.19. The number of rotatable bonds is 4. The maximum Gasteiger partial charge on any atom is 0.330 e. The van der Waals surface area contributed by atoms with Gasteiger partial charge in [0.2, 0.25) is 0 Å². The normalized spacial score (nSPS) is 14.0. The topological polar surface area (TPSA) is 88.5 Å². The van der Waals surface area contributed by atoms with Gasteiger partial charge in [-0.3, -0.25) is 4.79 Å². The third kappa shape index (κ3) is 3.05. The van der Waals surface area contributed by atoms with Gasteiger partial charge in [0.25, 0.3) is 5.91 Å². The molecule has 2 N–H and O–H groups in total. The van der Waals surface area contributed by atoms with Crippen LogP contribution in [-0.4, -0.2) is 28.6 Å². The van der Waals surface area contributed by atoms with Crippen LogP contribution in [0.2, 0.25) is 0 Å². The van der Waals surface area contributed by atoms with Crippen molar-refractivity contribution >= 4 is 23.2 Å². The largest absolute Gasteiger partial charge is 0.493 e. The summed E-state index contributed by atoms with van der Waals surface area (Å²) in [5.74, 6) is -0.744. The van der Waals surface area contributed by atoms with Crippen molar-refractivity contribution in [2.45, 2.75) is 26.3 Å². The molecule has 0 fully saturated rings. The zero-order chi connectivity index (χ0) is 16.6. The van der Waals surface area contributed by atoms with E-state index in [-0.39, 0.29) is 0 Å². The van der Waals surface area contributed by atoms with Crippen LogP contribution >= 0.6 is 11.3 Å². The molecule has 2 heterocycles. The van der Waals surface area contributed by atoms with Gasteiger partial charge in [-0.1, -0.05) is 6.07 Å². The molecule has 0 aliphatic carbocycles. The second-order valence-corrected chi connectivity index (χ2v) is 6.56. The molecule has 1 unspecified atom stereocenters. The number of carboxylic acid groups (broad SMARTS) is 1. The van der Waals surface area contributed by atoms with Gasteiger partial charge in [0.15, 0.2) is 6.04 Å². The smallest absolute Gasteiger partial charge is 0.330 e. The van der Waals surface area contributed by atoms with E-state index < -0.39 is 17.9 Å². The summed E-state index contributed by atoms with van der Waals surface area (Å²) in [5, 5.41) is 12.8. The number of fused-ring (bicyclic) bond motifs is 1. The van der Waals surface area contributed by atoms with Crippen molar-refractivity contribution in [1.29, 1.82) is 0 Å². The molecule has 23 heavy (non-hydrogen) atoms. The minimum absolute atomic E-state index is 0.419. The lowest BCUT2D eigenvalue weighted by Crippen LogP contribution is -2.33. The van der Waals surface area contributed by atoms with Gasteiger partial charge < -0.3 is 15.2 Å². The molecular weight excluding hydrogens is 316 g/mol. The third-order valence-corrected chi connectivity index (χ3v) is 4.75. The van der Waals surface area contributed by atoms with E-state index >= 15 is 0 Å². The van der Waals surface area contributed by atoms with Gasteiger partial charge in [-0.2, -0.15) is 0 Å².